The Morgan fingerprint density at radius 3 is 2.71 bits per heavy atom. The number of hydrogen-bond acceptors (Lipinski definition) is 2. The molecule has 3 aromatic rings. The van der Waals surface area contributed by atoms with Crippen molar-refractivity contribution in [3.63, 3.8) is 0 Å². The Balaban J connectivity index is 2.34. The largest absolute Gasteiger partial charge is 0.283 e. The molecule has 0 amide bonds. The number of imidazole rings is 1. The summed E-state index contributed by atoms with van der Waals surface area (Å²) in [5.74, 6) is 0.767. The highest BCUT2D eigenvalue weighted by Crippen LogP contribution is 2.24. The van der Waals surface area contributed by atoms with Crippen LogP contribution in [-0.4, -0.2) is 14.4 Å². The summed E-state index contributed by atoms with van der Waals surface area (Å²) in [5.41, 5.74) is 3.43. The Morgan fingerprint density at radius 2 is 1.94 bits per heavy atom. The van der Waals surface area contributed by atoms with E-state index < -0.39 is 0 Å². The molecule has 2 heterocycles. The van der Waals surface area contributed by atoms with Gasteiger partial charge in [-0.2, -0.15) is 0 Å². The highest BCUT2D eigenvalue weighted by molar-refractivity contribution is 5.66. The van der Waals surface area contributed by atoms with E-state index in [1.807, 2.05) is 34.9 Å². The van der Waals surface area contributed by atoms with Crippen molar-refractivity contribution in [3.05, 3.63) is 54.5 Å². The third kappa shape index (κ3) is 1.60. The van der Waals surface area contributed by atoms with Gasteiger partial charge in [-0.1, -0.05) is 37.3 Å². The topological polar surface area (TPSA) is 30.2 Å². The zero-order valence-corrected chi connectivity index (χ0v) is 9.67. The first kappa shape index (κ1) is 10.0. The van der Waals surface area contributed by atoms with Crippen molar-refractivity contribution < 1.29 is 0 Å². The predicted molar refractivity (Wildman–Crippen MR) is 67.8 cm³/mol. The monoisotopic (exact) mass is 223 g/mol. The summed E-state index contributed by atoms with van der Waals surface area (Å²) in [5, 5.41) is 0. The van der Waals surface area contributed by atoms with Crippen molar-refractivity contribution >= 4 is 5.78 Å². The van der Waals surface area contributed by atoms with Crippen molar-refractivity contribution in [1.29, 1.82) is 0 Å². The molecule has 0 bridgehead atoms. The number of benzene rings is 1. The lowest BCUT2D eigenvalue weighted by molar-refractivity contribution is 1.07. The standard InChI is InChI=1S/C14H13N3/c1-2-12-13(11-7-4-3-5-8-11)17-10-6-9-15-14(17)16-12/h3-10H,2H2,1H3. The summed E-state index contributed by atoms with van der Waals surface area (Å²) >= 11 is 0. The van der Waals surface area contributed by atoms with Gasteiger partial charge in [0.2, 0.25) is 5.78 Å². The van der Waals surface area contributed by atoms with Gasteiger partial charge in [-0.05, 0) is 12.5 Å². The second-order valence-corrected chi connectivity index (χ2v) is 3.92. The minimum atomic E-state index is 0.767. The number of aromatic nitrogens is 3. The molecule has 0 spiro atoms. The molecule has 0 aliphatic heterocycles. The van der Waals surface area contributed by atoms with Gasteiger partial charge in [0.25, 0.3) is 0 Å². The maximum Gasteiger partial charge on any atom is 0.234 e. The number of aryl methyl sites for hydroxylation is 1. The van der Waals surface area contributed by atoms with E-state index in [2.05, 4.69) is 29.0 Å². The van der Waals surface area contributed by atoms with Crippen LogP contribution in [0.2, 0.25) is 0 Å². The van der Waals surface area contributed by atoms with Gasteiger partial charge < -0.3 is 0 Å². The molecular formula is C14H13N3. The molecule has 0 radical (unpaired) electrons. The van der Waals surface area contributed by atoms with Gasteiger partial charge in [-0.3, -0.25) is 4.40 Å². The predicted octanol–water partition coefficient (Wildman–Crippen LogP) is 2.96. The van der Waals surface area contributed by atoms with Gasteiger partial charge in [0, 0.05) is 18.0 Å². The van der Waals surface area contributed by atoms with Crippen LogP contribution < -0.4 is 0 Å². The zero-order chi connectivity index (χ0) is 11.7. The minimum absolute atomic E-state index is 0.767. The lowest BCUT2D eigenvalue weighted by atomic mass is 10.1. The molecule has 3 heteroatoms. The van der Waals surface area contributed by atoms with Gasteiger partial charge in [0.15, 0.2) is 0 Å². The van der Waals surface area contributed by atoms with E-state index in [-0.39, 0.29) is 0 Å². The Kier molecular flexibility index (Phi) is 2.37. The first-order valence-electron chi connectivity index (χ1n) is 5.77. The van der Waals surface area contributed by atoms with E-state index in [9.17, 15) is 0 Å². The highest BCUT2D eigenvalue weighted by Gasteiger charge is 2.12. The van der Waals surface area contributed by atoms with Gasteiger partial charge in [0.05, 0.1) is 11.4 Å². The van der Waals surface area contributed by atoms with Gasteiger partial charge in [-0.15, -0.1) is 0 Å². The van der Waals surface area contributed by atoms with Crippen LogP contribution in [0.4, 0.5) is 0 Å². The van der Waals surface area contributed by atoms with E-state index >= 15 is 0 Å². The molecular weight excluding hydrogens is 210 g/mol. The zero-order valence-electron chi connectivity index (χ0n) is 9.67. The summed E-state index contributed by atoms with van der Waals surface area (Å²) in [6.45, 7) is 2.12. The van der Waals surface area contributed by atoms with Crippen LogP contribution in [0.15, 0.2) is 48.8 Å². The quantitative estimate of drug-likeness (QED) is 0.668. The molecule has 0 saturated carbocycles. The van der Waals surface area contributed by atoms with Crippen molar-refractivity contribution in [3.8, 4) is 11.3 Å². The molecule has 0 unspecified atom stereocenters. The Morgan fingerprint density at radius 1 is 1.12 bits per heavy atom. The lowest BCUT2D eigenvalue weighted by Gasteiger charge is -2.03. The van der Waals surface area contributed by atoms with Gasteiger partial charge in [0.1, 0.15) is 0 Å². The molecule has 84 valence electrons. The summed E-state index contributed by atoms with van der Waals surface area (Å²) < 4.78 is 2.05. The number of rotatable bonds is 2. The first-order chi connectivity index (χ1) is 8.40. The van der Waals surface area contributed by atoms with Crippen LogP contribution >= 0.6 is 0 Å². The minimum Gasteiger partial charge on any atom is -0.283 e. The number of fused-ring (bicyclic) bond motifs is 1. The molecule has 3 rings (SSSR count). The summed E-state index contributed by atoms with van der Waals surface area (Å²) in [7, 11) is 0. The third-order valence-electron chi connectivity index (χ3n) is 2.86. The highest BCUT2D eigenvalue weighted by atomic mass is 15.1. The van der Waals surface area contributed by atoms with E-state index in [1.165, 1.54) is 5.56 Å². The molecule has 2 aromatic heterocycles. The van der Waals surface area contributed by atoms with Gasteiger partial charge >= 0.3 is 0 Å². The van der Waals surface area contributed by atoms with E-state index in [0.717, 1.165) is 23.6 Å². The van der Waals surface area contributed by atoms with Crippen molar-refractivity contribution in [2.75, 3.05) is 0 Å². The fourth-order valence-electron chi connectivity index (χ4n) is 2.08. The third-order valence-corrected chi connectivity index (χ3v) is 2.86. The van der Waals surface area contributed by atoms with E-state index in [1.54, 1.807) is 6.20 Å². The lowest BCUT2D eigenvalue weighted by Crippen LogP contribution is -1.90. The van der Waals surface area contributed by atoms with Crippen LogP contribution in [-0.2, 0) is 6.42 Å². The normalized spacial score (nSPS) is 10.9. The number of nitrogens with zero attached hydrogens (tertiary/aromatic N) is 3. The number of hydrogen-bond donors (Lipinski definition) is 0. The Hall–Kier alpha value is -2.16. The first-order valence-corrected chi connectivity index (χ1v) is 5.77. The van der Waals surface area contributed by atoms with Crippen LogP contribution in [0.25, 0.3) is 17.0 Å². The van der Waals surface area contributed by atoms with E-state index in [4.69, 9.17) is 0 Å². The fourth-order valence-corrected chi connectivity index (χ4v) is 2.08. The maximum absolute atomic E-state index is 4.56. The van der Waals surface area contributed by atoms with Crippen LogP contribution in [0.1, 0.15) is 12.6 Å². The SMILES string of the molecule is CCc1nc2ncccn2c1-c1ccccc1. The average molecular weight is 223 g/mol. The smallest absolute Gasteiger partial charge is 0.234 e. The van der Waals surface area contributed by atoms with Crippen LogP contribution in [0, 0.1) is 0 Å². The second kappa shape index (κ2) is 4.01. The molecule has 1 aromatic carbocycles. The van der Waals surface area contributed by atoms with Crippen LogP contribution in [0.5, 0.6) is 0 Å². The molecule has 17 heavy (non-hydrogen) atoms. The maximum atomic E-state index is 4.56. The fraction of sp³-hybridized carbons (Fsp3) is 0.143. The Bertz CT molecular complexity index is 641. The summed E-state index contributed by atoms with van der Waals surface area (Å²) in [6.07, 6.45) is 4.70. The van der Waals surface area contributed by atoms with Crippen molar-refractivity contribution in [2.24, 2.45) is 0 Å². The van der Waals surface area contributed by atoms with Gasteiger partial charge in [-0.25, -0.2) is 9.97 Å². The molecule has 0 atom stereocenters. The molecule has 0 aliphatic rings. The van der Waals surface area contributed by atoms with Crippen molar-refractivity contribution in [2.45, 2.75) is 13.3 Å². The summed E-state index contributed by atoms with van der Waals surface area (Å²) in [4.78, 5) is 8.85. The second-order valence-electron chi connectivity index (χ2n) is 3.92. The van der Waals surface area contributed by atoms with Crippen LogP contribution in [0.3, 0.4) is 0 Å². The summed E-state index contributed by atoms with van der Waals surface area (Å²) in [6, 6.07) is 12.3. The molecule has 0 N–H and O–H groups in total. The molecule has 0 aliphatic carbocycles. The molecule has 3 nitrogen and oxygen atoms in total. The molecule has 0 fully saturated rings. The van der Waals surface area contributed by atoms with Crippen molar-refractivity contribution in [1.82, 2.24) is 14.4 Å². The van der Waals surface area contributed by atoms with E-state index in [0.29, 0.717) is 0 Å². The Labute approximate surface area is 99.8 Å². The molecule has 0 saturated heterocycles. The average Bonchev–Trinajstić information content (AvgIpc) is 2.78.